The molecule has 2 aliphatic carbocycles. The third-order valence-corrected chi connectivity index (χ3v) is 9.59. The highest BCUT2D eigenvalue weighted by atomic mass is 79.9. The SMILES string of the molecule is CNC1(C(=O)NCc2ccc(-c3ccccc3S(=O)(=O)N(C)COC)c(CBr)c2)CC2CC2C1. The predicted molar refractivity (Wildman–Crippen MR) is 136 cm³/mol. The molecule has 4 rings (SSSR count). The smallest absolute Gasteiger partial charge is 0.245 e. The molecule has 0 spiro atoms. The maximum absolute atomic E-state index is 13.2. The number of likely N-dealkylation sites (N-methyl/N-ethyl adjacent to an activating group) is 1. The number of alkyl halides is 1. The summed E-state index contributed by atoms with van der Waals surface area (Å²) < 4.78 is 32.5. The Hall–Kier alpha value is -1.78. The summed E-state index contributed by atoms with van der Waals surface area (Å²) >= 11 is 3.56. The molecule has 2 saturated carbocycles. The first-order valence-corrected chi connectivity index (χ1v) is 14.0. The molecule has 2 aromatic carbocycles. The zero-order chi connectivity index (χ0) is 24.5. The fourth-order valence-corrected chi connectivity index (χ4v) is 6.86. The van der Waals surface area contributed by atoms with Crippen LogP contribution in [0.25, 0.3) is 11.1 Å². The van der Waals surface area contributed by atoms with Crippen molar-refractivity contribution in [3.8, 4) is 11.1 Å². The average molecular weight is 551 g/mol. The number of carbonyl (C=O) groups excluding carboxylic acids is 1. The van der Waals surface area contributed by atoms with Crippen molar-refractivity contribution >= 4 is 31.9 Å². The number of methoxy groups -OCH3 is 1. The van der Waals surface area contributed by atoms with Crippen LogP contribution in [-0.2, 0) is 31.4 Å². The summed E-state index contributed by atoms with van der Waals surface area (Å²) in [5.74, 6) is 1.44. The van der Waals surface area contributed by atoms with Crippen LogP contribution in [0.2, 0.25) is 0 Å². The fraction of sp³-hybridized carbons (Fsp3) is 0.480. The van der Waals surface area contributed by atoms with Gasteiger partial charge in [0.2, 0.25) is 15.9 Å². The topological polar surface area (TPSA) is 87.7 Å². The summed E-state index contributed by atoms with van der Waals surface area (Å²) in [7, 11) is 1.11. The number of nitrogens with zero attached hydrogens (tertiary/aromatic N) is 1. The van der Waals surface area contributed by atoms with Crippen LogP contribution in [0.1, 0.15) is 30.4 Å². The van der Waals surface area contributed by atoms with E-state index in [1.807, 2.05) is 37.4 Å². The highest BCUT2D eigenvalue weighted by Gasteiger charge is 2.56. The number of rotatable bonds is 10. The van der Waals surface area contributed by atoms with Gasteiger partial charge in [-0.15, -0.1) is 0 Å². The van der Waals surface area contributed by atoms with Crippen molar-refractivity contribution in [1.29, 1.82) is 0 Å². The lowest BCUT2D eigenvalue weighted by Gasteiger charge is -2.29. The summed E-state index contributed by atoms with van der Waals surface area (Å²) in [6, 6.07) is 12.9. The average Bonchev–Trinajstić information content (AvgIpc) is 3.47. The van der Waals surface area contributed by atoms with Crippen molar-refractivity contribution in [2.24, 2.45) is 11.8 Å². The van der Waals surface area contributed by atoms with E-state index in [4.69, 9.17) is 4.74 Å². The second kappa shape index (κ2) is 10.1. The molecule has 2 unspecified atom stereocenters. The highest BCUT2D eigenvalue weighted by molar-refractivity contribution is 9.08. The minimum absolute atomic E-state index is 0.0315. The van der Waals surface area contributed by atoms with Gasteiger partial charge in [-0.3, -0.25) is 4.79 Å². The van der Waals surface area contributed by atoms with Crippen LogP contribution in [0.5, 0.6) is 0 Å². The summed E-state index contributed by atoms with van der Waals surface area (Å²) in [5, 5.41) is 6.94. The Labute approximate surface area is 210 Å². The van der Waals surface area contributed by atoms with Gasteiger partial charge in [-0.1, -0.05) is 52.3 Å². The van der Waals surface area contributed by atoms with Crippen molar-refractivity contribution in [1.82, 2.24) is 14.9 Å². The molecule has 2 aliphatic rings. The van der Waals surface area contributed by atoms with Crippen LogP contribution in [-0.4, -0.2) is 52.1 Å². The molecular weight excluding hydrogens is 518 g/mol. The molecule has 0 bridgehead atoms. The Morgan fingerprint density at radius 3 is 2.53 bits per heavy atom. The number of nitrogens with one attached hydrogen (secondary N) is 2. The predicted octanol–water partition coefficient (Wildman–Crippen LogP) is 3.48. The van der Waals surface area contributed by atoms with Crippen molar-refractivity contribution in [3.05, 3.63) is 53.6 Å². The molecule has 9 heteroatoms. The zero-order valence-corrected chi connectivity index (χ0v) is 22.2. The number of hydrogen-bond donors (Lipinski definition) is 2. The van der Waals surface area contributed by atoms with E-state index in [0.29, 0.717) is 29.3 Å². The molecular formula is C25H32BrN3O4S. The van der Waals surface area contributed by atoms with E-state index in [9.17, 15) is 13.2 Å². The van der Waals surface area contributed by atoms with E-state index in [-0.39, 0.29) is 17.5 Å². The third kappa shape index (κ3) is 4.81. The molecule has 0 heterocycles. The molecule has 1 amide bonds. The van der Waals surface area contributed by atoms with E-state index in [1.165, 1.54) is 24.9 Å². The number of ether oxygens (including phenoxy) is 1. The van der Waals surface area contributed by atoms with Crippen molar-refractivity contribution in [2.45, 2.75) is 41.6 Å². The Morgan fingerprint density at radius 1 is 1.18 bits per heavy atom. The zero-order valence-electron chi connectivity index (χ0n) is 19.8. The molecule has 0 radical (unpaired) electrons. The molecule has 0 aromatic heterocycles. The second-order valence-electron chi connectivity index (χ2n) is 9.32. The van der Waals surface area contributed by atoms with Gasteiger partial charge < -0.3 is 15.4 Å². The second-order valence-corrected chi connectivity index (χ2v) is 11.9. The normalized spacial score (nSPS) is 23.7. The molecule has 34 heavy (non-hydrogen) atoms. The van der Waals surface area contributed by atoms with Gasteiger partial charge in [0.1, 0.15) is 6.73 Å². The van der Waals surface area contributed by atoms with E-state index >= 15 is 0 Å². The number of hydrogen-bond acceptors (Lipinski definition) is 5. The Morgan fingerprint density at radius 2 is 1.88 bits per heavy atom. The summed E-state index contributed by atoms with van der Waals surface area (Å²) in [4.78, 5) is 13.2. The molecule has 2 fully saturated rings. The standard InChI is InChI=1S/C25H32BrN3O4S/c1-27-25(12-18-11-19(18)13-25)24(30)28-15-17-8-9-21(20(10-17)14-26)22-6-4-5-7-23(22)34(31,32)29(2)16-33-3/h4-10,18-19,27H,11-16H2,1-3H3,(H,28,30). The molecule has 2 N–H and O–H groups in total. The number of halogens is 1. The monoisotopic (exact) mass is 549 g/mol. The molecule has 0 aliphatic heterocycles. The van der Waals surface area contributed by atoms with E-state index in [2.05, 4.69) is 26.6 Å². The van der Waals surface area contributed by atoms with Crippen molar-refractivity contribution in [2.75, 3.05) is 27.9 Å². The Bertz CT molecular complexity index is 1160. The molecule has 7 nitrogen and oxygen atoms in total. The first-order chi connectivity index (χ1) is 16.3. The van der Waals surface area contributed by atoms with Gasteiger partial charge in [-0.2, -0.15) is 4.31 Å². The van der Waals surface area contributed by atoms with Crippen LogP contribution >= 0.6 is 15.9 Å². The minimum Gasteiger partial charge on any atom is -0.368 e. The number of sulfonamides is 1. The summed E-state index contributed by atoms with van der Waals surface area (Å²) in [5.41, 5.74) is 2.94. The number of carbonyl (C=O) groups is 1. The maximum atomic E-state index is 13.2. The molecule has 2 aromatic rings. The first-order valence-electron chi connectivity index (χ1n) is 11.5. The molecule has 184 valence electrons. The van der Waals surface area contributed by atoms with Gasteiger partial charge in [0.05, 0.1) is 10.4 Å². The lowest BCUT2D eigenvalue weighted by molar-refractivity contribution is -0.127. The minimum atomic E-state index is -3.73. The lowest BCUT2D eigenvalue weighted by Crippen LogP contribution is -2.54. The van der Waals surface area contributed by atoms with Crippen molar-refractivity contribution < 1.29 is 17.9 Å². The van der Waals surface area contributed by atoms with Gasteiger partial charge in [0.15, 0.2) is 0 Å². The maximum Gasteiger partial charge on any atom is 0.245 e. The van der Waals surface area contributed by atoms with Crippen LogP contribution < -0.4 is 10.6 Å². The molecule has 2 atom stereocenters. The number of fused-ring (bicyclic) bond motifs is 1. The summed E-state index contributed by atoms with van der Waals surface area (Å²) in [6.45, 7) is 0.393. The lowest BCUT2D eigenvalue weighted by atomic mass is 9.92. The largest absolute Gasteiger partial charge is 0.368 e. The van der Waals surface area contributed by atoms with Gasteiger partial charge in [0.25, 0.3) is 0 Å². The van der Waals surface area contributed by atoms with Crippen LogP contribution in [0.3, 0.4) is 0 Å². The van der Waals surface area contributed by atoms with Crippen molar-refractivity contribution in [3.63, 3.8) is 0 Å². The van der Waals surface area contributed by atoms with Gasteiger partial charge in [-0.05, 0) is 60.9 Å². The van der Waals surface area contributed by atoms with Gasteiger partial charge in [-0.25, -0.2) is 8.42 Å². The third-order valence-electron chi connectivity index (χ3n) is 7.15. The fourth-order valence-electron chi connectivity index (χ4n) is 5.11. The van der Waals surface area contributed by atoms with Gasteiger partial charge in [0, 0.05) is 31.6 Å². The first kappa shape index (κ1) is 25.3. The summed E-state index contributed by atoms with van der Waals surface area (Å²) in [6.07, 6.45) is 3.08. The van der Waals surface area contributed by atoms with E-state index < -0.39 is 15.6 Å². The van der Waals surface area contributed by atoms with E-state index in [0.717, 1.165) is 29.5 Å². The Balaban J connectivity index is 1.56. The quantitative estimate of drug-likeness (QED) is 0.350. The molecule has 0 saturated heterocycles. The van der Waals surface area contributed by atoms with Crippen LogP contribution in [0, 0.1) is 11.8 Å². The highest BCUT2D eigenvalue weighted by Crippen LogP contribution is 2.56. The number of benzene rings is 2. The van der Waals surface area contributed by atoms with E-state index in [1.54, 1.807) is 12.1 Å². The number of amides is 1. The van der Waals surface area contributed by atoms with Crippen LogP contribution in [0.15, 0.2) is 47.4 Å². The Kier molecular flexibility index (Phi) is 7.50. The van der Waals surface area contributed by atoms with Gasteiger partial charge >= 0.3 is 0 Å². The van der Waals surface area contributed by atoms with Crippen LogP contribution in [0.4, 0.5) is 0 Å².